The summed E-state index contributed by atoms with van der Waals surface area (Å²) >= 11 is 5.42. The molecule has 0 aromatic heterocycles. The third kappa shape index (κ3) is 2.40. The Hall–Kier alpha value is -0.970. The third-order valence-electron chi connectivity index (χ3n) is 2.03. The zero-order chi connectivity index (χ0) is 12.3. The molecule has 0 N–H and O–H groups in total. The smallest absolute Gasteiger partial charge is 0.367 e. The van der Waals surface area contributed by atoms with Crippen LogP contribution in [0.4, 0.5) is 13.2 Å². The Morgan fingerprint density at radius 2 is 2.25 bits per heavy atom. The van der Waals surface area contributed by atoms with Crippen molar-refractivity contribution in [2.45, 2.75) is 19.2 Å². The molecule has 0 saturated heterocycles. The molecule has 1 aliphatic rings. The highest BCUT2D eigenvalue weighted by molar-refractivity contribution is 6.17. The molecule has 1 rings (SSSR count). The molecule has 0 saturated carbocycles. The summed E-state index contributed by atoms with van der Waals surface area (Å²) < 4.78 is 42.7. The minimum absolute atomic E-state index is 0.0550. The summed E-state index contributed by atoms with van der Waals surface area (Å²) in [6, 6.07) is -0.256. The van der Waals surface area contributed by atoms with Gasteiger partial charge in [0.25, 0.3) is 0 Å². The molecule has 1 unspecified atom stereocenters. The van der Waals surface area contributed by atoms with Gasteiger partial charge in [-0.25, -0.2) is 4.79 Å². The molecule has 0 radical (unpaired) electrons. The summed E-state index contributed by atoms with van der Waals surface area (Å²) in [5, 5.41) is 0. The van der Waals surface area contributed by atoms with Crippen molar-refractivity contribution < 1.29 is 22.7 Å². The molecule has 0 amide bonds. The average Bonchev–Trinajstić information content (AvgIpc) is 2.56. The van der Waals surface area contributed by atoms with E-state index >= 15 is 0 Å². The predicted octanol–water partition coefficient (Wildman–Crippen LogP) is 2.07. The van der Waals surface area contributed by atoms with E-state index in [1.807, 2.05) is 0 Å². The van der Waals surface area contributed by atoms with Crippen LogP contribution in [0.5, 0.6) is 0 Å². The zero-order valence-electron chi connectivity index (χ0n) is 8.34. The van der Waals surface area contributed by atoms with Gasteiger partial charge in [-0.2, -0.15) is 13.2 Å². The van der Waals surface area contributed by atoms with Gasteiger partial charge in [0, 0.05) is 12.8 Å². The standard InChI is InChI=1S/C9H9ClF3NO2/c1-2-16-8-6(9(11,12)13)3-14(5-10)7(8)4-15/h3,8H,2,5H2,1H3. The number of alkyl halides is 4. The summed E-state index contributed by atoms with van der Waals surface area (Å²) in [5.41, 5.74) is -1.18. The summed E-state index contributed by atoms with van der Waals surface area (Å²) in [6.45, 7) is 1.60. The van der Waals surface area contributed by atoms with Gasteiger partial charge < -0.3 is 9.64 Å². The molecule has 1 aliphatic heterocycles. The summed E-state index contributed by atoms with van der Waals surface area (Å²) in [4.78, 5) is 11.6. The monoisotopic (exact) mass is 255 g/mol. The molecular weight excluding hydrogens is 247 g/mol. The fourth-order valence-corrected chi connectivity index (χ4v) is 1.57. The number of hydrogen-bond donors (Lipinski definition) is 0. The van der Waals surface area contributed by atoms with Crippen LogP contribution < -0.4 is 0 Å². The minimum Gasteiger partial charge on any atom is -0.367 e. The van der Waals surface area contributed by atoms with Crippen LogP contribution in [0, 0.1) is 0 Å². The number of ether oxygens (including phenoxy) is 1. The second kappa shape index (κ2) is 4.91. The van der Waals surface area contributed by atoms with Gasteiger partial charge >= 0.3 is 6.18 Å². The maximum atomic E-state index is 12.6. The highest BCUT2D eigenvalue weighted by Gasteiger charge is 2.46. The van der Waals surface area contributed by atoms with E-state index in [-0.39, 0.29) is 18.3 Å². The van der Waals surface area contributed by atoms with E-state index in [9.17, 15) is 18.0 Å². The normalized spacial score (nSPS) is 21.1. The Kier molecular flexibility index (Phi) is 4.02. The van der Waals surface area contributed by atoms with Crippen LogP contribution in [0.15, 0.2) is 17.5 Å². The van der Waals surface area contributed by atoms with Gasteiger partial charge in [-0.05, 0) is 6.92 Å². The number of hydrogen-bond acceptors (Lipinski definition) is 3. The third-order valence-corrected chi connectivity index (χ3v) is 2.29. The second-order valence-electron chi connectivity index (χ2n) is 2.99. The quantitative estimate of drug-likeness (QED) is 0.439. The number of halogens is 4. The van der Waals surface area contributed by atoms with Crippen molar-refractivity contribution in [3.8, 4) is 0 Å². The lowest BCUT2D eigenvalue weighted by Gasteiger charge is -2.18. The van der Waals surface area contributed by atoms with Crippen LogP contribution in [-0.2, 0) is 9.53 Å². The molecule has 7 heteroatoms. The van der Waals surface area contributed by atoms with Gasteiger partial charge in [0.1, 0.15) is 17.7 Å². The van der Waals surface area contributed by atoms with Crippen LogP contribution in [0.2, 0.25) is 0 Å². The molecular formula is C9H9ClF3NO2. The fraction of sp³-hybridized carbons (Fsp3) is 0.556. The minimum atomic E-state index is -4.55. The highest BCUT2D eigenvalue weighted by Crippen LogP contribution is 2.38. The van der Waals surface area contributed by atoms with E-state index in [4.69, 9.17) is 16.3 Å². The van der Waals surface area contributed by atoms with E-state index < -0.39 is 17.9 Å². The van der Waals surface area contributed by atoms with Crippen molar-refractivity contribution in [2.75, 3.05) is 12.6 Å². The zero-order valence-corrected chi connectivity index (χ0v) is 9.10. The fourth-order valence-electron chi connectivity index (χ4n) is 1.37. The lowest BCUT2D eigenvalue weighted by atomic mass is 10.1. The van der Waals surface area contributed by atoms with Gasteiger partial charge in [-0.3, -0.25) is 0 Å². The topological polar surface area (TPSA) is 29.5 Å². The average molecular weight is 256 g/mol. The molecule has 0 bridgehead atoms. The Bertz CT molecular complexity index is 347. The first kappa shape index (κ1) is 13.1. The SMILES string of the molecule is CCOC1C(=C=O)N(CCl)C=C1C(F)(F)F. The maximum Gasteiger partial charge on any atom is 0.417 e. The molecule has 3 nitrogen and oxygen atoms in total. The van der Waals surface area contributed by atoms with E-state index in [0.29, 0.717) is 0 Å². The largest absolute Gasteiger partial charge is 0.417 e. The maximum absolute atomic E-state index is 12.6. The number of carbonyl (C=O) groups excluding carboxylic acids is 1. The van der Waals surface area contributed by atoms with Crippen LogP contribution in [-0.4, -0.2) is 35.7 Å². The first-order chi connectivity index (χ1) is 7.45. The van der Waals surface area contributed by atoms with Crippen molar-refractivity contribution in [1.29, 1.82) is 0 Å². The van der Waals surface area contributed by atoms with Gasteiger partial charge in [0.2, 0.25) is 0 Å². The first-order valence-electron chi connectivity index (χ1n) is 4.43. The van der Waals surface area contributed by atoms with Gasteiger partial charge in [0.15, 0.2) is 0 Å². The van der Waals surface area contributed by atoms with Crippen molar-refractivity contribution in [3.05, 3.63) is 17.5 Å². The Balaban J connectivity index is 3.10. The molecule has 0 aliphatic carbocycles. The molecule has 90 valence electrons. The molecule has 16 heavy (non-hydrogen) atoms. The Labute approximate surface area is 95.1 Å². The molecule has 0 spiro atoms. The summed E-state index contributed by atoms with van der Waals surface area (Å²) in [5.74, 6) is 1.43. The predicted molar refractivity (Wildman–Crippen MR) is 51.3 cm³/mol. The molecule has 1 heterocycles. The van der Waals surface area contributed by atoms with Crippen LogP contribution in [0.25, 0.3) is 0 Å². The lowest BCUT2D eigenvalue weighted by molar-refractivity contribution is -0.106. The van der Waals surface area contributed by atoms with Gasteiger partial charge in [0.05, 0.1) is 11.6 Å². The van der Waals surface area contributed by atoms with Crippen molar-refractivity contribution in [2.24, 2.45) is 0 Å². The van der Waals surface area contributed by atoms with Gasteiger partial charge in [-0.15, -0.1) is 11.6 Å². The molecule has 1 atom stereocenters. The van der Waals surface area contributed by atoms with E-state index in [0.717, 1.165) is 11.1 Å². The van der Waals surface area contributed by atoms with Crippen molar-refractivity contribution in [1.82, 2.24) is 4.90 Å². The molecule has 0 fully saturated rings. The van der Waals surface area contributed by atoms with Crippen LogP contribution in [0.3, 0.4) is 0 Å². The van der Waals surface area contributed by atoms with Crippen molar-refractivity contribution in [3.63, 3.8) is 0 Å². The number of rotatable bonds is 3. The number of nitrogens with zero attached hydrogens (tertiary/aromatic N) is 1. The van der Waals surface area contributed by atoms with Crippen LogP contribution >= 0.6 is 11.6 Å². The Morgan fingerprint density at radius 3 is 2.62 bits per heavy atom. The first-order valence-corrected chi connectivity index (χ1v) is 4.97. The second-order valence-corrected chi connectivity index (χ2v) is 3.23. The summed E-state index contributed by atoms with van der Waals surface area (Å²) in [7, 11) is 0. The van der Waals surface area contributed by atoms with Gasteiger partial charge in [-0.1, -0.05) is 0 Å². The van der Waals surface area contributed by atoms with E-state index in [1.165, 1.54) is 5.94 Å². The molecule has 0 aromatic carbocycles. The Morgan fingerprint density at radius 1 is 1.62 bits per heavy atom. The van der Waals surface area contributed by atoms with E-state index in [1.54, 1.807) is 6.92 Å². The van der Waals surface area contributed by atoms with E-state index in [2.05, 4.69) is 0 Å². The highest BCUT2D eigenvalue weighted by atomic mass is 35.5. The van der Waals surface area contributed by atoms with Crippen LogP contribution in [0.1, 0.15) is 6.92 Å². The summed E-state index contributed by atoms with van der Waals surface area (Å²) in [6.07, 6.45) is -5.21. The molecule has 0 aromatic rings. The van der Waals surface area contributed by atoms with Crippen molar-refractivity contribution >= 4 is 17.5 Å². The lowest BCUT2D eigenvalue weighted by Crippen LogP contribution is -2.27.